The summed E-state index contributed by atoms with van der Waals surface area (Å²) >= 11 is 1.27. The molecule has 0 saturated carbocycles. The summed E-state index contributed by atoms with van der Waals surface area (Å²) in [6.07, 6.45) is 1.65. The maximum Gasteiger partial charge on any atom is 0.262 e. The smallest absolute Gasteiger partial charge is 0.262 e. The first-order valence-corrected chi connectivity index (χ1v) is 9.57. The zero-order chi connectivity index (χ0) is 19.2. The lowest BCUT2D eigenvalue weighted by Crippen LogP contribution is -2.31. The maximum atomic E-state index is 12.8. The number of carbonyl (C=O) groups is 1. The highest BCUT2D eigenvalue weighted by molar-refractivity contribution is 8.00. The fourth-order valence-corrected chi connectivity index (χ4v) is 3.61. The third kappa shape index (κ3) is 4.46. The van der Waals surface area contributed by atoms with E-state index in [2.05, 4.69) is 16.9 Å². The van der Waals surface area contributed by atoms with Crippen LogP contribution in [-0.4, -0.2) is 20.7 Å². The zero-order valence-corrected chi connectivity index (χ0v) is 15.9. The van der Waals surface area contributed by atoms with Crippen LogP contribution in [0.3, 0.4) is 0 Å². The first-order chi connectivity index (χ1) is 13.1. The van der Waals surface area contributed by atoms with Gasteiger partial charge in [0.15, 0.2) is 5.16 Å². The van der Waals surface area contributed by atoms with Crippen molar-refractivity contribution < 1.29 is 4.79 Å². The van der Waals surface area contributed by atoms with E-state index in [0.29, 0.717) is 29.1 Å². The highest BCUT2D eigenvalue weighted by Crippen LogP contribution is 2.22. The molecule has 0 fully saturated rings. The summed E-state index contributed by atoms with van der Waals surface area (Å²) in [4.78, 5) is 29.8. The average molecular weight is 379 g/mol. The van der Waals surface area contributed by atoms with Crippen LogP contribution in [0, 0.1) is 0 Å². The van der Waals surface area contributed by atoms with E-state index in [1.807, 2.05) is 49.4 Å². The number of allylic oxidation sites excluding steroid dienone is 1. The van der Waals surface area contributed by atoms with Crippen LogP contribution >= 0.6 is 11.8 Å². The quantitative estimate of drug-likeness (QED) is 0.388. The Labute approximate surface area is 162 Å². The molecular formula is C21H21N3O2S. The standard InChI is InChI=1S/C21H21N3O2S/c1-3-13-24-20(26)17-11-7-8-12-18(17)23-21(24)27-15(2)19(25)22-14-16-9-5-4-6-10-16/h3-12,15H,1,13-14H2,2H3,(H,22,25)/t15-/m0/s1. The molecule has 0 aliphatic rings. The Hall–Kier alpha value is -2.86. The Morgan fingerprint density at radius 1 is 1.22 bits per heavy atom. The van der Waals surface area contributed by atoms with Gasteiger partial charge in [-0.2, -0.15) is 0 Å². The number of nitrogens with zero attached hydrogens (tertiary/aromatic N) is 2. The molecule has 5 nitrogen and oxygen atoms in total. The Balaban J connectivity index is 1.80. The van der Waals surface area contributed by atoms with Crippen LogP contribution in [-0.2, 0) is 17.9 Å². The summed E-state index contributed by atoms with van der Waals surface area (Å²) in [5, 5.41) is 3.61. The highest BCUT2D eigenvalue weighted by atomic mass is 32.2. The number of hydrogen-bond acceptors (Lipinski definition) is 4. The fourth-order valence-electron chi connectivity index (χ4n) is 2.67. The highest BCUT2D eigenvalue weighted by Gasteiger charge is 2.18. The number of amides is 1. The SMILES string of the molecule is C=CCn1c(S[C@@H](C)C(=O)NCc2ccccc2)nc2ccccc2c1=O. The van der Waals surface area contributed by atoms with Gasteiger partial charge in [-0.3, -0.25) is 14.2 Å². The Morgan fingerprint density at radius 3 is 2.67 bits per heavy atom. The van der Waals surface area contributed by atoms with Crippen molar-refractivity contribution in [3.8, 4) is 0 Å². The van der Waals surface area contributed by atoms with E-state index in [4.69, 9.17) is 0 Å². The van der Waals surface area contributed by atoms with Crippen LogP contribution in [0.5, 0.6) is 0 Å². The van der Waals surface area contributed by atoms with Crippen LogP contribution in [0.1, 0.15) is 12.5 Å². The Morgan fingerprint density at radius 2 is 1.93 bits per heavy atom. The van der Waals surface area contributed by atoms with Crippen molar-refractivity contribution >= 4 is 28.6 Å². The summed E-state index contributed by atoms with van der Waals surface area (Å²) in [5.74, 6) is -0.101. The van der Waals surface area contributed by atoms with Gasteiger partial charge in [0, 0.05) is 13.1 Å². The van der Waals surface area contributed by atoms with Crippen LogP contribution in [0.2, 0.25) is 0 Å². The molecule has 3 rings (SSSR count). The maximum absolute atomic E-state index is 12.8. The first-order valence-electron chi connectivity index (χ1n) is 8.69. The number of carbonyl (C=O) groups excluding carboxylic acids is 1. The number of para-hydroxylation sites is 1. The molecule has 0 unspecified atom stereocenters. The third-order valence-corrected chi connectivity index (χ3v) is 5.19. The Bertz CT molecular complexity index is 1010. The molecule has 0 bridgehead atoms. The van der Waals surface area contributed by atoms with Crippen LogP contribution < -0.4 is 10.9 Å². The van der Waals surface area contributed by atoms with Crippen LogP contribution in [0.15, 0.2) is 77.2 Å². The van der Waals surface area contributed by atoms with E-state index in [1.54, 1.807) is 22.8 Å². The minimum atomic E-state index is -0.391. The van der Waals surface area contributed by atoms with E-state index in [0.717, 1.165) is 5.56 Å². The lowest BCUT2D eigenvalue weighted by Gasteiger charge is -2.15. The van der Waals surface area contributed by atoms with Gasteiger partial charge in [0.05, 0.1) is 16.2 Å². The molecule has 0 radical (unpaired) electrons. The van der Waals surface area contributed by atoms with E-state index in [9.17, 15) is 9.59 Å². The number of nitrogens with one attached hydrogen (secondary N) is 1. The van der Waals surface area contributed by atoms with Gasteiger partial charge in [0.25, 0.3) is 5.56 Å². The molecule has 0 aliphatic carbocycles. The molecule has 1 heterocycles. The van der Waals surface area contributed by atoms with Crippen molar-refractivity contribution in [3.05, 3.63) is 83.2 Å². The van der Waals surface area contributed by atoms with Gasteiger partial charge in [-0.05, 0) is 24.6 Å². The predicted octanol–water partition coefficient (Wildman–Crippen LogP) is 3.38. The van der Waals surface area contributed by atoms with Gasteiger partial charge < -0.3 is 5.32 Å². The molecule has 27 heavy (non-hydrogen) atoms. The molecule has 0 spiro atoms. The van der Waals surface area contributed by atoms with Crippen molar-refractivity contribution in [1.29, 1.82) is 0 Å². The molecule has 138 valence electrons. The third-order valence-electron chi connectivity index (χ3n) is 4.10. The average Bonchev–Trinajstić information content (AvgIpc) is 2.70. The summed E-state index contributed by atoms with van der Waals surface area (Å²) in [6, 6.07) is 17.0. The number of thioether (sulfide) groups is 1. The summed E-state index contributed by atoms with van der Waals surface area (Å²) in [5.41, 5.74) is 1.54. The van der Waals surface area contributed by atoms with Crippen molar-refractivity contribution in [3.63, 3.8) is 0 Å². The van der Waals surface area contributed by atoms with Crippen molar-refractivity contribution in [2.24, 2.45) is 0 Å². The molecule has 6 heteroatoms. The van der Waals surface area contributed by atoms with E-state index in [1.165, 1.54) is 11.8 Å². The van der Waals surface area contributed by atoms with E-state index >= 15 is 0 Å². The van der Waals surface area contributed by atoms with Crippen LogP contribution in [0.25, 0.3) is 10.9 Å². The molecule has 0 saturated heterocycles. The normalized spacial score (nSPS) is 11.9. The number of benzene rings is 2. The molecular weight excluding hydrogens is 358 g/mol. The molecule has 1 amide bonds. The summed E-state index contributed by atoms with van der Waals surface area (Å²) in [7, 11) is 0. The monoisotopic (exact) mass is 379 g/mol. The van der Waals surface area contributed by atoms with Gasteiger partial charge in [0.1, 0.15) is 0 Å². The molecule has 1 N–H and O–H groups in total. The van der Waals surface area contributed by atoms with Gasteiger partial charge in [0.2, 0.25) is 5.91 Å². The van der Waals surface area contributed by atoms with Gasteiger partial charge >= 0.3 is 0 Å². The minimum absolute atomic E-state index is 0.101. The largest absolute Gasteiger partial charge is 0.351 e. The van der Waals surface area contributed by atoms with Crippen LogP contribution in [0.4, 0.5) is 0 Å². The Kier molecular flexibility index (Phi) is 6.08. The van der Waals surface area contributed by atoms with Gasteiger partial charge in [-0.15, -0.1) is 6.58 Å². The second kappa shape index (κ2) is 8.68. The van der Waals surface area contributed by atoms with Crippen molar-refractivity contribution in [1.82, 2.24) is 14.9 Å². The summed E-state index contributed by atoms with van der Waals surface area (Å²) < 4.78 is 1.56. The number of hydrogen-bond donors (Lipinski definition) is 1. The molecule has 1 atom stereocenters. The molecule has 0 aliphatic heterocycles. The van der Waals surface area contributed by atoms with Gasteiger partial charge in [-0.1, -0.05) is 60.3 Å². The summed E-state index contributed by atoms with van der Waals surface area (Å²) in [6.45, 7) is 6.34. The second-order valence-electron chi connectivity index (χ2n) is 6.08. The molecule has 3 aromatic rings. The minimum Gasteiger partial charge on any atom is -0.351 e. The topological polar surface area (TPSA) is 64.0 Å². The van der Waals surface area contributed by atoms with Gasteiger partial charge in [-0.25, -0.2) is 4.98 Å². The number of rotatable bonds is 7. The lowest BCUT2D eigenvalue weighted by atomic mass is 10.2. The second-order valence-corrected chi connectivity index (χ2v) is 7.39. The molecule has 2 aromatic carbocycles. The van der Waals surface area contributed by atoms with Crippen molar-refractivity contribution in [2.45, 2.75) is 30.4 Å². The zero-order valence-electron chi connectivity index (χ0n) is 15.1. The number of aromatic nitrogens is 2. The molecule has 1 aromatic heterocycles. The van der Waals surface area contributed by atoms with E-state index in [-0.39, 0.29) is 11.5 Å². The fraction of sp³-hybridized carbons (Fsp3) is 0.190. The van der Waals surface area contributed by atoms with Crippen molar-refractivity contribution in [2.75, 3.05) is 0 Å². The lowest BCUT2D eigenvalue weighted by molar-refractivity contribution is -0.120. The predicted molar refractivity (Wildman–Crippen MR) is 110 cm³/mol. The number of fused-ring (bicyclic) bond motifs is 1. The first kappa shape index (κ1) is 18.9. The van der Waals surface area contributed by atoms with E-state index < -0.39 is 5.25 Å².